The van der Waals surface area contributed by atoms with Crippen molar-refractivity contribution in [2.45, 2.75) is 31.9 Å². The molecule has 1 fully saturated rings. The van der Waals surface area contributed by atoms with Crippen LogP contribution in [0.2, 0.25) is 0 Å². The summed E-state index contributed by atoms with van der Waals surface area (Å²) in [6.07, 6.45) is 2.07. The third-order valence-electron chi connectivity index (χ3n) is 3.27. The molecule has 0 spiro atoms. The van der Waals surface area contributed by atoms with Gasteiger partial charge in [0.2, 0.25) is 0 Å². The highest BCUT2D eigenvalue weighted by atomic mass is 35.5. The minimum Gasteiger partial charge on any atom is -0.391 e. The molecule has 1 aromatic rings. The maximum atomic E-state index is 9.42. The van der Waals surface area contributed by atoms with Crippen LogP contribution >= 0.6 is 12.4 Å². The third-order valence-corrected chi connectivity index (χ3v) is 3.27. The number of hydrogen-bond acceptors (Lipinski definition) is 3. The van der Waals surface area contributed by atoms with Gasteiger partial charge < -0.3 is 15.7 Å². The van der Waals surface area contributed by atoms with Crippen molar-refractivity contribution in [2.24, 2.45) is 5.73 Å². The second-order valence-electron chi connectivity index (χ2n) is 4.55. The number of nitrogens with zero attached hydrogens (tertiary/aromatic N) is 1. The van der Waals surface area contributed by atoms with E-state index >= 15 is 0 Å². The van der Waals surface area contributed by atoms with E-state index in [-0.39, 0.29) is 18.4 Å². The van der Waals surface area contributed by atoms with Gasteiger partial charge in [0, 0.05) is 18.8 Å². The lowest BCUT2D eigenvalue weighted by Crippen LogP contribution is -2.23. The minimum absolute atomic E-state index is 0. The van der Waals surface area contributed by atoms with Crippen molar-refractivity contribution in [3.05, 3.63) is 29.8 Å². The van der Waals surface area contributed by atoms with Crippen molar-refractivity contribution < 1.29 is 5.11 Å². The molecule has 0 amide bonds. The van der Waals surface area contributed by atoms with Crippen LogP contribution in [-0.2, 0) is 0 Å². The Morgan fingerprint density at radius 2 is 1.71 bits per heavy atom. The monoisotopic (exact) mass is 256 g/mol. The smallest absolute Gasteiger partial charge is 0.0704 e. The maximum absolute atomic E-state index is 9.42. The Bertz CT molecular complexity index is 313. The van der Waals surface area contributed by atoms with Crippen molar-refractivity contribution in [2.75, 3.05) is 18.0 Å². The van der Waals surface area contributed by atoms with Crippen LogP contribution < -0.4 is 10.6 Å². The van der Waals surface area contributed by atoms with Crippen LogP contribution in [0.15, 0.2) is 24.3 Å². The largest absolute Gasteiger partial charge is 0.391 e. The van der Waals surface area contributed by atoms with Crippen LogP contribution in [0.25, 0.3) is 0 Å². The molecule has 1 aliphatic rings. The summed E-state index contributed by atoms with van der Waals surface area (Å²) in [5.41, 5.74) is 8.14. The average Bonchev–Trinajstić information content (AvgIpc) is 2.81. The second-order valence-corrected chi connectivity index (χ2v) is 4.55. The van der Waals surface area contributed by atoms with E-state index in [4.69, 9.17) is 5.73 Å². The fraction of sp³-hybridized carbons (Fsp3) is 0.538. The molecule has 17 heavy (non-hydrogen) atoms. The van der Waals surface area contributed by atoms with Gasteiger partial charge in [-0.3, -0.25) is 0 Å². The quantitative estimate of drug-likeness (QED) is 0.871. The molecule has 3 nitrogen and oxygen atoms in total. The summed E-state index contributed by atoms with van der Waals surface area (Å²) in [6, 6.07) is 7.95. The molecule has 96 valence electrons. The first-order chi connectivity index (χ1) is 7.68. The number of anilines is 1. The first-order valence-electron chi connectivity index (χ1n) is 5.97. The van der Waals surface area contributed by atoms with E-state index in [0.29, 0.717) is 0 Å². The van der Waals surface area contributed by atoms with Crippen LogP contribution in [0.1, 0.15) is 31.4 Å². The lowest BCUT2D eigenvalue weighted by Gasteiger charge is -2.20. The molecule has 0 radical (unpaired) electrons. The van der Waals surface area contributed by atoms with E-state index in [2.05, 4.69) is 17.0 Å². The Morgan fingerprint density at radius 3 is 2.18 bits per heavy atom. The van der Waals surface area contributed by atoms with Crippen molar-refractivity contribution in [3.63, 3.8) is 0 Å². The van der Waals surface area contributed by atoms with Crippen molar-refractivity contribution in [3.8, 4) is 0 Å². The molecule has 1 heterocycles. The lowest BCUT2D eigenvalue weighted by atomic mass is 10.0. The van der Waals surface area contributed by atoms with E-state index in [1.54, 1.807) is 6.92 Å². The highest BCUT2D eigenvalue weighted by Gasteiger charge is 2.14. The molecule has 0 unspecified atom stereocenters. The maximum Gasteiger partial charge on any atom is 0.0704 e. The standard InChI is InChI=1S/C13H20N2O.ClH/c1-10(16)13(14)11-4-6-12(7-5-11)15-8-2-3-9-15;/h4-7,10,13,16H,2-3,8-9,14H2,1H3;1H/t10-,13-;/m0./s1. The van der Waals surface area contributed by atoms with Gasteiger partial charge in [-0.15, -0.1) is 12.4 Å². The van der Waals surface area contributed by atoms with Crippen LogP contribution in [-0.4, -0.2) is 24.3 Å². The van der Waals surface area contributed by atoms with Gasteiger partial charge in [0.05, 0.1) is 12.1 Å². The minimum atomic E-state index is -0.502. The predicted molar refractivity (Wildman–Crippen MR) is 73.7 cm³/mol. The summed E-state index contributed by atoms with van der Waals surface area (Å²) in [7, 11) is 0. The predicted octanol–water partition coefficient (Wildman–Crippen LogP) is 2.09. The van der Waals surface area contributed by atoms with Gasteiger partial charge in [0.25, 0.3) is 0 Å². The van der Waals surface area contributed by atoms with Crippen molar-refractivity contribution in [1.82, 2.24) is 0 Å². The molecule has 0 bridgehead atoms. The summed E-state index contributed by atoms with van der Waals surface area (Å²) in [6.45, 7) is 4.03. The van der Waals surface area contributed by atoms with Crippen molar-refractivity contribution in [1.29, 1.82) is 0 Å². The molecule has 3 N–H and O–H groups in total. The summed E-state index contributed by atoms with van der Waals surface area (Å²) in [5, 5.41) is 9.42. The normalized spacial score (nSPS) is 18.6. The molecule has 0 saturated carbocycles. The topological polar surface area (TPSA) is 49.5 Å². The molecule has 0 aliphatic carbocycles. The number of aliphatic hydroxyl groups excluding tert-OH is 1. The molecule has 1 aliphatic heterocycles. The van der Waals surface area contributed by atoms with Gasteiger partial charge in [-0.2, -0.15) is 0 Å². The Hall–Kier alpha value is -0.770. The van der Waals surface area contributed by atoms with Gasteiger partial charge in [-0.1, -0.05) is 12.1 Å². The number of hydrogen-bond donors (Lipinski definition) is 2. The zero-order chi connectivity index (χ0) is 11.5. The molecule has 2 rings (SSSR count). The molecule has 1 saturated heterocycles. The summed E-state index contributed by atoms with van der Waals surface area (Å²) in [5.74, 6) is 0. The third kappa shape index (κ3) is 3.35. The highest BCUT2D eigenvalue weighted by Crippen LogP contribution is 2.22. The SMILES string of the molecule is C[C@H](O)[C@H](N)c1ccc(N2CCCC2)cc1.Cl. The molecular weight excluding hydrogens is 236 g/mol. The van der Waals surface area contributed by atoms with Crippen LogP contribution in [0, 0.1) is 0 Å². The van der Waals surface area contributed by atoms with Gasteiger partial charge in [-0.25, -0.2) is 0 Å². The summed E-state index contributed by atoms with van der Waals surface area (Å²) in [4.78, 5) is 2.39. The van der Waals surface area contributed by atoms with Crippen LogP contribution in [0.5, 0.6) is 0 Å². The molecular formula is C13H21ClN2O. The fourth-order valence-electron chi connectivity index (χ4n) is 2.16. The first-order valence-corrected chi connectivity index (χ1v) is 5.97. The van der Waals surface area contributed by atoms with Gasteiger partial charge in [0.15, 0.2) is 0 Å². The van der Waals surface area contributed by atoms with E-state index in [9.17, 15) is 5.11 Å². The zero-order valence-electron chi connectivity index (χ0n) is 10.2. The van der Waals surface area contributed by atoms with Gasteiger partial charge >= 0.3 is 0 Å². The van der Waals surface area contributed by atoms with Gasteiger partial charge in [-0.05, 0) is 37.5 Å². The average molecular weight is 257 g/mol. The second kappa shape index (κ2) is 6.24. The number of halogens is 1. The van der Waals surface area contributed by atoms with E-state index in [1.165, 1.54) is 18.5 Å². The van der Waals surface area contributed by atoms with E-state index in [1.807, 2.05) is 12.1 Å². The number of benzene rings is 1. The molecule has 2 atom stereocenters. The van der Waals surface area contributed by atoms with E-state index < -0.39 is 6.10 Å². The number of nitrogens with two attached hydrogens (primary N) is 1. The zero-order valence-corrected chi connectivity index (χ0v) is 11.0. The Morgan fingerprint density at radius 1 is 1.18 bits per heavy atom. The lowest BCUT2D eigenvalue weighted by molar-refractivity contribution is 0.164. The molecule has 1 aromatic carbocycles. The van der Waals surface area contributed by atoms with Crippen LogP contribution in [0.4, 0.5) is 5.69 Å². The van der Waals surface area contributed by atoms with Gasteiger partial charge in [0.1, 0.15) is 0 Å². The van der Waals surface area contributed by atoms with E-state index in [0.717, 1.165) is 18.7 Å². The first kappa shape index (κ1) is 14.3. The van der Waals surface area contributed by atoms with Crippen molar-refractivity contribution >= 4 is 18.1 Å². The summed E-state index contributed by atoms with van der Waals surface area (Å²) >= 11 is 0. The highest BCUT2D eigenvalue weighted by molar-refractivity contribution is 5.85. The Balaban J connectivity index is 0.00000144. The fourth-order valence-corrected chi connectivity index (χ4v) is 2.16. The Kier molecular flexibility index (Phi) is 5.25. The number of rotatable bonds is 3. The molecule has 0 aromatic heterocycles. The Labute approximate surface area is 109 Å². The summed E-state index contributed by atoms with van der Waals surface area (Å²) < 4.78 is 0. The number of aliphatic hydroxyl groups is 1. The molecule has 4 heteroatoms. The van der Waals surface area contributed by atoms with Crippen LogP contribution in [0.3, 0.4) is 0 Å².